The third-order valence-corrected chi connectivity index (χ3v) is 2.28. The highest BCUT2D eigenvalue weighted by Gasteiger charge is 2.18. The predicted molar refractivity (Wildman–Crippen MR) is 59.4 cm³/mol. The van der Waals surface area contributed by atoms with Gasteiger partial charge in [-0.25, -0.2) is 4.39 Å². The molecule has 0 aliphatic carbocycles. The molecular formula is C11H11FN2O3. The summed E-state index contributed by atoms with van der Waals surface area (Å²) in [6.07, 6.45) is 0. The van der Waals surface area contributed by atoms with Gasteiger partial charge < -0.3 is 19.7 Å². The van der Waals surface area contributed by atoms with Gasteiger partial charge in [-0.15, -0.1) is 0 Å². The Kier molecular flexibility index (Phi) is 2.86. The Bertz CT molecular complexity index is 540. The first-order chi connectivity index (χ1) is 8.17. The van der Waals surface area contributed by atoms with Crippen molar-refractivity contribution in [1.29, 1.82) is 0 Å². The van der Waals surface area contributed by atoms with Gasteiger partial charge >= 0.3 is 0 Å². The van der Waals surface area contributed by atoms with E-state index in [0.29, 0.717) is 11.3 Å². The summed E-state index contributed by atoms with van der Waals surface area (Å²) in [6.45, 7) is 0. The van der Waals surface area contributed by atoms with Gasteiger partial charge in [0.2, 0.25) is 5.88 Å². The first kappa shape index (κ1) is 11.3. The highest BCUT2D eigenvalue weighted by molar-refractivity contribution is 5.72. The molecule has 17 heavy (non-hydrogen) atoms. The van der Waals surface area contributed by atoms with Crippen LogP contribution in [0.25, 0.3) is 11.3 Å². The number of benzene rings is 1. The predicted octanol–water partition coefficient (Wildman–Crippen LogP) is 2.08. The van der Waals surface area contributed by atoms with Crippen LogP contribution in [0.2, 0.25) is 0 Å². The van der Waals surface area contributed by atoms with Crippen molar-refractivity contribution in [3.63, 3.8) is 0 Å². The monoisotopic (exact) mass is 238 g/mol. The summed E-state index contributed by atoms with van der Waals surface area (Å²) < 4.78 is 28.3. The number of nitrogens with two attached hydrogens (primary N) is 1. The van der Waals surface area contributed by atoms with Crippen molar-refractivity contribution >= 4 is 5.88 Å². The zero-order chi connectivity index (χ0) is 12.4. The first-order valence-corrected chi connectivity index (χ1v) is 4.80. The number of aromatic nitrogens is 1. The Morgan fingerprint density at radius 2 is 1.94 bits per heavy atom. The van der Waals surface area contributed by atoms with Crippen molar-refractivity contribution in [3.05, 3.63) is 24.0 Å². The standard InChI is InChI=1S/C11H11FN2O3/c1-15-10-6(8-5-9(13)17-14-8)3-4-7(12)11(10)16-2/h3-5H,13H2,1-2H3. The summed E-state index contributed by atoms with van der Waals surface area (Å²) in [4.78, 5) is 0. The van der Waals surface area contributed by atoms with E-state index in [1.807, 2.05) is 0 Å². The third kappa shape index (κ3) is 1.89. The van der Waals surface area contributed by atoms with Crippen LogP contribution in [0.4, 0.5) is 10.3 Å². The second-order valence-corrected chi connectivity index (χ2v) is 3.28. The number of hydrogen-bond donors (Lipinski definition) is 1. The summed E-state index contributed by atoms with van der Waals surface area (Å²) in [7, 11) is 2.78. The Labute approximate surface area is 96.9 Å². The lowest BCUT2D eigenvalue weighted by molar-refractivity contribution is 0.338. The zero-order valence-electron chi connectivity index (χ0n) is 9.36. The molecule has 0 bridgehead atoms. The average Bonchev–Trinajstić information content (AvgIpc) is 2.75. The van der Waals surface area contributed by atoms with Crippen LogP contribution >= 0.6 is 0 Å². The van der Waals surface area contributed by atoms with E-state index < -0.39 is 5.82 Å². The van der Waals surface area contributed by atoms with E-state index in [0.717, 1.165) is 0 Å². The van der Waals surface area contributed by atoms with Crippen molar-refractivity contribution in [3.8, 4) is 22.8 Å². The van der Waals surface area contributed by atoms with E-state index in [9.17, 15) is 4.39 Å². The molecular weight excluding hydrogens is 227 g/mol. The molecule has 0 aliphatic rings. The number of ether oxygens (including phenoxy) is 2. The molecule has 0 amide bonds. The number of anilines is 1. The van der Waals surface area contributed by atoms with Crippen LogP contribution in [0.15, 0.2) is 22.7 Å². The smallest absolute Gasteiger partial charge is 0.222 e. The van der Waals surface area contributed by atoms with E-state index >= 15 is 0 Å². The van der Waals surface area contributed by atoms with Gasteiger partial charge in [0.1, 0.15) is 5.69 Å². The molecule has 2 aromatic rings. The molecule has 2 rings (SSSR count). The van der Waals surface area contributed by atoms with Crippen LogP contribution in [0.5, 0.6) is 11.5 Å². The van der Waals surface area contributed by atoms with Crippen LogP contribution in [0, 0.1) is 5.82 Å². The van der Waals surface area contributed by atoms with Crippen molar-refractivity contribution in [2.75, 3.05) is 20.0 Å². The first-order valence-electron chi connectivity index (χ1n) is 4.80. The Balaban J connectivity index is 2.62. The highest BCUT2D eigenvalue weighted by Crippen LogP contribution is 2.39. The second kappa shape index (κ2) is 4.32. The molecule has 0 saturated heterocycles. The molecule has 0 saturated carbocycles. The fraction of sp³-hybridized carbons (Fsp3) is 0.182. The quantitative estimate of drug-likeness (QED) is 0.886. The van der Waals surface area contributed by atoms with E-state index in [-0.39, 0.29) is 17.4 Å². The van der Waals surface area contributed by atoms with E-state index in [1.54, 1.807) is 0 Å². The van der Waals surface area contributed by atoms with Crippen LogP contribution in [0.1, 0.15) is 0 Å². The molecule has 0 fully saturated rings. The largest absolute Gasteiger partial charge is 0.492 e. The summed E-state index contributed by atoms with van der Waals surface area (Å²) in [5, 5.41) is 3.74. The van der Waals surface area contributed by atoms with Crippen molar-refractivity contribution in [2.24, 2.45) is 0 Å². The molecule has 0 radical (unpaired) electrons. The number of methoxy groups -OCH3 is 2. The van der Waals surface area contributed by atoms with Gasteiger partial charge in [-0.3, -0.25) is 0 Å². The van der Waals surface area contributed by atoms with Gasteiger partial charge in [0.05, 0.1) is 14.2 Å². The maximum absolute atomic E-state index is 13.5. The van der Waals surface area contributed by atoms with Crippen LogP contribution in [-0.2, 0) is 0 Å². The van der Waals surface area contributed by atoms with Crippen LogP contribution in [0.3, 0.4) is 0 Å². The molecule has 90 valence electrons. The number of halogens is 1. The molecule has 0 spiro atoms. The maximum atomic E-state index is 13.5. The lowest BCUT2D eigenvalue weighted by atomic mass is 10.1. The summed E-state index contributed by atoms with van der Waals surface area (Å²) in [5.74, 6) is -0.0673. The minimum absolute atomic E-state index is 0.0200. The van der Waals surface area contributed by atoms with Crippen molar-refractivity contribution < 1.29 is 18.4 Å². The minimum Gasteiger partial charge on any atom is -0.492 e. The Morgan fingerprint density at radius 1 is 1.24 bits per heavy atom. The van der Waals surface area contributed by atoms with E-state index in [2.05, 4.69) is 5.16 Å². The molecule has 0 atom stereocenters. The lowest BCUT2D eigenvalue weighted by Crippen LogP contribution is -1.96. The molecule has 2 N–H and O–H groups in total. The van der Waals surface area contributed by atoms with Crippen LogP contribution in [-0.4, -0.2) is 19.4 Å². The molecule has 1 aromatic carbocycles. The Hall–Kier alpha value is -2.24. The molecule has 6 heteroatoms. The highest BCUT2D eigenvalue weighted by atomic mass is 19.1. The van der Waals surface area contributed by atoms with Gasteiger partial charge in [-0.1, -0.05) is 5.16 Å². The zero-order valence-corrected chi connectivity index (χ0v) is 9.36. The van der Waals surface area contributed by atoms with Gasteiger partial charge in [-0.2, -0.15) is 0 Å². The summed E-state index contributed by atoms with van der Waals surface area (Å²) >= 11 is 0. The lowest BCUT2D eigenvalue weighted by Gasteiger charge is -2.11. The minimum atomic E-state index is -0.510. The fourth-order valence-corrected chi connectivity index (χ4v) is 1.55. The summed E-state index contributed by atoms with van der Waals surface area (Å²) in [6, 6.07) is 4.31. The van der Waals surface area contributed by atoms with Crippen molar-refractivity contribution in [2.45, 2.75) is 0 Å². The topological polar surface area (TPSA) is 70.5 Å². The van der Waals surface area contributed by atoms with Gasteiger partial charge in [0, 0.05) is 11.6 Å². The summed E-state index contributed by atoms with van der Waals surface area (Å²) in [5.41, 5.74) is 6.44. The molecule has 5 nitrogen and oxygen atoms in total. The van der Waals surface area contributed by atoms with E-state index in [4.69, 9.17) is 19.7 Å². The number of hydrogen-bond acceptors (Lipinski definition) is 5. The third-order valence-electron chi connectivity index (χ3n) is 2.28. The second-order valence-electron chi connectivity index (χ2n) is 3.28. The SMILES string of the molecule is COc1c(F)ccc(-c2cc(N)on2)c1OC. The average molecular weight is 238 g/mol. The normalized spacial score (nSPS) is 10.3. The van der Waals surface area contributed by atoms with Gasteiger partial charge in [-0.05, 0) is 12.1 Å². The number of nitrogen functional groups attached to an aromatic ring is 1. The van der Waals surface area contributed by atoms with Crippen molar-refractivity contribution in [1.82, 2.24) is 5.16 Å². The van der Waals surface area contributed by atoms with Gasteiger partial charge in [0.25, 0.3) is 0 Å². The molecule has 0 aliphatic heterocycles. The molecule has 0 unspecified atom stereocenters. The maximum Gasteiger partial charge on any atom is 0.222 e. The van der Waals surface area contributed by atoms with Crippen LogP contribution < -0.4 is 15.2 Å². The van der Waals surface area contributed by atoms with Gasteiger partial charge in [0.15, 0.2) is 17.3 Å². The number of rotatable bonds is 3. The van der Waals surface area contributed by atoms with E-state index in [1.165, 1.54) is 32.4 Å². The fourth-order valence-electron chi connectivity index (χ4n) is 1.55. The molecule has 1 heterocycles. The molecule has 1 aromatic heterocycles. The Morgan fingerprint density at radius 3 is 2.47 bits per heavy atom. The number of nitrogens with zero attached hydrogens (tertiary/aromatic N) is 1.